The Labute approximate surface area is 216 Å². The number of aromatic nitrogens is 1. The monoisotopic (exact) mass is 511 g/mol. The first-order valence-corrected chi connectivity index (χ1v) is 12.6. The van der Waals surface area contributed by atoms with E-state index in [9.17, 15) is 19.6 Å². The molecular formula is C27H34FN5O4. The largest absolute Gasteiger partial charge is 0.475 e. The van der Waals surface area contributed by atoms with Crippen molar-refractivity contribution in [1.29, 1.82) is 5.26 Å². The molecular weight excluding hydrogens is 477 g/mol. The van der Waals surface area contributed by atoms with Crippen molar-refractivity contribution < 1.29 is 23.8 Å². The van der Waals surface area contributed by atoms with Gasteiger partial charge >= 0.3 is 6.03 Å². The molecule has 3 heterocycles. The molecule has 1 aromatic heterocycles. The van der Waals surface area contributed by atoms with Gasteiger partial charge in [0.05, 0.1) is 37.0 Å². The first-order valence-electron chi connectivity index (χ1n) is 12.6. The summed E-state index contributed by atoms with van der Waals surface area (Å²) in [7, 11) is 0. The summed E-state index contributed by atoms with van der Waals surface area (Å²) in [6.07, 6.45) is 0.730. The highest BCUT2D eigenvalue weighted by molar-refractivity contribution is 5.91. The summed E-state index contributed by atoms with van der Waals surface area (Å²) in [5.74, 6) is 0.591. The summed E-state index contributed by atoms with van der Waals surface area (Å²) >= 11 is 0. The minimum Gasteiger partial charge on any atom is -0.475 e. The molecule has 9 nitrogen and oxygen atoms in total. The zero-order valence-electron chi connectivity index (χ0n) is 21.6. The van der Waals surface area contributed by atoms with Gasteiger partial charge in [0.25, 0.3) is 0 Å². The van der Waals surface area contributed by atoms with Crippen LogP contribution in [0, 0.1) is 35.4 Å². The van der Waals surface area contributed by atoms with Crippen LogP contribution >= 0.6 is 0 Å². The van der Waals surface area contributed by atoms with Crippen LogP contribution in [0.25, 0.3) is 11.1 Å². The number of aliphatic hydroxyl groups excluding tert-OH is 1. The molecule has 2 amide bonds. The van der Waals surface area contributed by atoms with Crippen LogP contribution in [-0.4, -0.2) is 73.6 Å². The van der Waals surface area contributed by atoms with Crippen molar-refractivity contribution >= 4 is 17.5 Å². The van der Waals surface area contributed by atoms with Crippen LogP contribution in [-0.2, 0) is 4.74 Å². The Kier molecular flexibility index (Phi) is 8.15. The van der Waals surface area contributed by atoms with Gasteiger partial charge < -0.3 is 29.7 Å². The van der Waals surface area contributed by atoms with E-state index in [4.69, 9.17) is 9.47 Å². The lowest BCUT2D eigenvalue weighted by Crippen LogP contribution is -2.36. The van der Waals surface area contributed by atoms with E-state index in [1.54, 1.807) is 17.0 Å². The van der Waals surface area contributed by atoms with E-state index in [-0.39, 0.29) is 30.9 Å². The number of benzene rings is 1. The predicted octanol–water partition coefficient (Wildman–Crippen LogP) is 3.81. The Hall–Kier alpha value is -3.42. The van der Waals surface area contributed by atoms with Crippen molar-refractivity contribution in [2.45, 2.75) is 27.2 Å². The predicted molar refractivity (Wildman–Crippen MR) is 138 cm³/mol. The molecule has 2 aliphatic rings. The maximum Gasteiger partial charge on any atom is 0.321 e. The third-order valence-electron chi connectivity index (χ3n) is 7.12. The second-order valence-corrected chi connectivity index (χ2v) is 10.1. The molecule has 1 aromatic carbocycles. The summed E-state index contributed by atoms with van der Waals surface area (Å²) in [5, 5.41) is 21.4. The Morgan fingerprint density at radius 3 is 2.76 bits per heavy atom. The van der Waals surface area contributed by atoms with Crippen LogP contribution in [0.1, 0.15) is 25.8 Å². The first kappa shape index (κ1) is 26.6. The molecule has 198 valence electrons. The number of nitriles is 1. The molecule has 2 saturated heterocycles. The highest BCUT2D eigenvalue weighted by Gasteiger charge is 2.37. The number of pyridine rings is 1. The number of morpholine rings is 1. The molecule has 0 spiro atoms. The number of ether oxygens (including phenoxy) is 2. The van der Waals surface area contributed by atoms with Crippen molar-refractivity contribution in [3.05, 3.63) is 35.6 Å². The Morgan fingerprint density at radius 2 is 2.05 bits per heavy atom. The van der Waals surface area contributed by atoms with Crippen molar-refractivity contribution in [2.24, 2.45) is 11.3 Å². The quantitative estimate of drug-likeness (QED) is 0.582. The number of carbonyl (C=O) groups excluding carboxylic acids is 1. The summed E-state index contributed by atoms with van der Waals surface area (Å²) < 4.78 is 26.1. The van der Waals surface area contributed by atoms with Gasteiger partial charge in [-0.05, 0) is 68.0 Å². The molecule has 0 saturated carbocycles. The summed E-state index contributed by atoms with van der Waals surface area (Å²) in [6.45, 7) is 9.02. The van der Waals surface area contributed by atoms with Crippen LogP contribution in [0.15, 0.2) is 24.3 Å². The zero-order valence-corrected chi connectivity index (χ0v) is 21.6. The summed E-state index contributed by atoms with van der Waals surface area (Å²) in [6, 6.07) is 8.63. The second kappa shape index (κ2) is 11.3. The van der Waals surface area contributed by atoms with Crippen LogP contribution in [0.2, 0.25) is 0 Å². The fraction of sp³-hybridized carbons (Fsp3) is 0.519. The molecule has 1 atom stereocenters. The molecule has 4 rings (SSSR count). The number of likely N-dealkylation sites (tertiary alicyclic amines) is 1. The van der Waals surface area contributed by atoms with Gasteiger partial charge in [-0.2, -0.15) is 10.2 Å². The molecule has 0 aliphatic carbocycles. The Bertz CT molecular complexity index is 1180. The van der Waals surface area contributed by atoms with E-state index in [0.29, 0.717) is 56.7 Å². The van der Waals surface area contributed by atoms with Gasteiger partial charge in [0.2, 0.25) is 5.88 Å². The average Bonchev–Trinajstić information content (AvgIpc) is 3.41. The fourth-order valence-electron chi connectivity index (χ4n) is 4.72. The van der Waals surface area contributed by atoms with Crippen molar-refractivity contribution in [1.82, 2.24) is 9.88 Å². The van der Waals surface area contributed by atoms with Gasteiger partial charge in [0.15, 0.2) is 0 Å². The standard InChI is InChI=1S/C27H34FN5O4/c1-18-12-22(28)23(30-26(35)33-5-4-20(16-33)27(2,3)17-29)15-21(18)19-13-24(32-6-9-36-10-7-32)31-25(14-19)37-11-8-34/h12-15,20,34H,4-11,16H2,1-3H3,(H,30,35). The molecule has 2 aromatic rings. The number of hydrogen-bond donors (Lipinski definition) is 2. The first-order chi connectivity index (χ1) is 17.7. The smallest absolute Gasteiger partial charge is 0.321 e. The van der Waals surface area contributed by atoms with Gasteiger partial charge in [-0.1, -0.05) is 0 Å². The van der Waals surface area contributed by atoms with Crippen LogP contribution in [0.5, 0.6) is 5.88 Å². The lowest BCUT2D eigenvalue weighted by Gasteiger charge is -2.28. The molecule has 1 unspecified atom stereocenters. The number of anilines is 2. The number of urea groups is 1. The van der Waals surface area contributed by atoms with Crippen molar-refractivity contribution in [3.63, 3.8) is 0 Å². The molecule has 2 aliphatic heterocycles. The Morgan fingerprint density at radius 1 is 1.30 bits per heavy atom. The molecule has 10 heteroatoms. The van der Waals surface area contributed by atoms with E-state index in [1.807, 2.05) is 26.8 Å². The normalized spacial score (nSPS) is 18.0. The summed E-state index contributed by atoms with van der Waals surface area (Å²) in [4.78, 5) is 21.3. The van der Waals surface area contributed by atoms with Gasteiger partial charge in [-0.15, -0.1) is 0 Å². The van der Waals surface area contributed by atoms with E-state index in [2.05, 4.69) is 21.3 Å². The van der Waals surface area contributed by atoms with Crippen LogP contribution in [0.4, 0.5) is 20.7 Å². The number of halogens is 1. The maximum absolute atomic E-state index is 15.0. The summed E-state index contributed by atoms with van der Waals surface area (Å²) in [5.41, 5.74) is 1.73. The number of hydrogen-bond acceptors (Lipinski definition) is 7. The maximum atomic E-state index is 15.0. The van der Waals surface area contributed by atoms with Gasteiger partial charge in [-0.3, -0.25) is 0 Å². The van der Waals surface area contributed by atoms with Crippen molar-refractivity contribution in [2.75, 3.05) is 62.8 Å². The number of amides is 2. The highest BCUT2D eigenvalue weighted by Crippen LogP contribution is 2.35. The minimum absolute atomic E-state index is 0.0643. The van der Waals surface area contributed by atoms with E-state index in [0.717, 1.165) is 17.5 Å². The number of aryl methyl sites for hydroxylation is 1. The highest BCUT2D eigenvalue weighted by atomic mass is 19.1. The number of nitrogens with zero attached hydrogens (tertiary/aromatic N) is 4. The third-order valence-corrected chi connectivity index (χ3v) is 7.12. The fourth-order valence-corrected chi connectivity index (χ4v) is 4.72. The lowest BCUT2D eigenvalue weighted by molar-refractivity contribution is 0.122. The molecule has 37 heavy (non-hydrogen) atoms. The second-order valence-electron chi connectivity index (χ2n) is 10.1. The van der Waals surface area contributed by atoms with Gasteiger partial charge in [0.1, 0.15) is 18.2 Å². The van der Waals surface area contributed by atoms with E-state index < -0.39 is 11.2 Å². The van der Waals surface area contributed by atoms with Crippen molar-refractivity contribution in [3.8, 4) is 23.1 Å². The molecule has 2 fully saturated rings. The van der Waals surface area contributed by atoms with E-state index in [1.165, 1.54) is 6.07 Å². The van der Waals surface area contributed by atoms with Gasteiger partial charge in [-0.25, -0.2) is 9.18 Å². The molecule has 0 bridgehead atoms. The SMILES string of the molecule is Cc1cc(F)c(NC(=O)N2CCC(C(C)(C)C#N)C2)cc1-c1cc(OCCO)nc(N2CCOCC2)c1. The molecule has 2 N–H and O–H groups in total. The molecule has 0 radical (unpaired) electrons. The van der Waals surface area contributed by atoms with E-state index >= 15 is 0 Å². The minimum atomic E-state index is -0.535. The van der Waals surface area contributed by atoms with Crippen LogP contribution in [0.3, 0.4) is 0 Å². The number of rotatable bonds is 7. The lowest BCUT2D eigenvalue weighted by atomic mass is 9.80. The number of carbonyl (C=O) groups is 1. The van der Waals surface area contributed by atoms with Gasteiger partial charge in [0, 0.05) is 32.2 Å². The van der Waals surface area contributed by atoms with Crippen LogP contribution < -0.4 is 15.0 Å². The topological polar surface area (TPSA) is 111 Å². The average molecular weight is 512 g/mol. The number of aliphatic hydroxyl groups is 1. The number of nitrogens with one attached hydrogen (secondary N) is 1. The Balaban J connectivity index is 1.61. The zero-order chi connectivity index (χ0) is 26.6. The third kappa shape index (κ3) is 6.12.